The van der Waals surface area contributed by atoms with E-state index in [1.54, 1.807) is 24.3 Å². The van der Waals surface area contributed by atoms with Crippen LogP contribution in [0.15, 0.2) is 42.5 Å². The summed E-state index contributed by atoms with van der Waals surface area (Å²) < 4.78 is 43.1. The predicted molar refractivity (Wildman–Crippen MR) is 71.6 cm³/mol. The van der Waals surface area contributed by atoms with Gasteiger partial charge in [-0.1, -0.05) is 17.7 Å². The third-order valence-corrected chi connectivity index (χ3v) is 2.89. The molecule has 2 aromatic rings. The molecule has 0 aliphatic heterocycles. The number of rotatable bonds is 3. The summed E-state index contributed by atoms with van der Waals surface area (Å²) in [5.74, 6) is 0.577. The van der Waals surface area contributed by atoms with Gasteiger partial charge in [-0.15, -0.1) is 0 Å². The lowest BCUT2D eigenvalue weighted by atomic mass is 10.1. The van der Waals surface area contributed by atoms with Gasteiger partial charge in [0, 0.05) is 10.7 Å². The molecule has 0 amide bonds. The molecule has 0 unspecified atom stereocenters. The summed E-state index contributed by atoms with van der Waals surface area (Å²) in [5.41, 5.74) is 4.81. The molecule has 2 N–H and O–H groups in total. The molecule has 0 bridgehead atoms. The maximum Gasteiger partial charge on any atom is 0.418 e. The molecule has 0 radical (unpaired) electrons. The minimum atomic E-state index is -4.44. The molecule has 0 saturated carbocycles. The van der Waals surface area contributed by atoms with Crippen molar-refractivity contribution in [1.29, 1.82) is 0 Å². The van der Waals surface area contributed by atoms with Crippen LogP contribution in [0.2, 0.25) is 5.02 Å². The van der Waals surface area contributed by atoms with E-state index in [1.807, 2.05) is 0 Å². The average Bonchev–Trinajstić information content (AvgIpc) is 2.36. The zero-order chi connectivity index (χ0) is 14.8. The Kier molecular flexibility index (Phi) is 4.09. The molecular formula is C14H11ClF3NO. The van der Waals surface area contributed by atoms with Gasteiger partial charge in [0.15, 0.2) is 0 Å². The molecule has 0 fully saturated rings. The van der Waals surface area contributed by atoms with Crippen molar-refractivity contribution < 1.29 is 17.9 Å². The van der Waals surface area contributed by atoms with Crippen LogP contribution in [0, 0.1) is 0 Å². The molecule has 6 heteroatoms. The third-order valence-electron chi connectivity index (χ3n) is 2.64. The lowest BCUT2D eigenvalue weighted by Crippen LogP contribution is -2.09. The van der Waals surface area contributed by atoms with Crippen molar-refractivity contribution >= 4 is 17.3 Å². The second kappa shape index (κ2) is 5.63. The zero-order valence-electron chi connectivity index (χ0n) is 10.2. The van der Waals surface area contributed by atoms with E-state index in [0.29, 0.717) is 16.3 Å². The van der Waals surface area contributed by atoms with Gasteiger partial charge in [0.05, 0.1) is 5.56 Å². The predicted octanol–water partition coefficient (Wildman–Crippen LogP) is 4.52. The number of nitrogens with two attached hydrogens (primary N) is 1. The number of hydrogen-bond acceptors (Lipinski definition) is 2. The molecule has 20 heavy (non-hydrogen) atoms. The summed E-state index contributed by atoms with van der Waals surface area (Å²) in [5, 5.41) is 0.580. The van der Waals surface area contributed by atoms with Crippen molar-refractivity contribution in [2.75, 3.05) is 5.73 Å². The number of nitrogen functional groups attached to an aromatic ring is 1. The largest absolute Gasteiger partial charge is 0.489 e. The van der Waals surface area contributed by atoms with Gasteiger partial charge in [-0.25, -0.2) is 0 Å². The van der Waals surface area contributed by atoms with Gasteiger partial charge >= 0.3 is 6.18 Å². The molecule has 0 spiro atoms. The molecule has 0 saturated heterocycles. The van der Waals surface area contributed by atoms with Crippen LogP contribution in [0.1, 0.15) is 11.1 Å². The van der Waals surface area contributed by atoms with Crippen LogP contribution in [-0.4, -0.2) is 0 Å². The van der Waals surface area contributed by atoms with E-state index in [-0.39, 0.29) is 12.3 Å². The van der Waals surface area contributed by atoms with Crippen molar-refractivity contribution in [3.63, 3.8) is 0 Å². The van der Waals surface area contributed by atoms with Gasteiger partial charge in [0.25, 0.3) is 0 Å². The molecular weight excluding hydrogens is 291 g/mol. The minimum Gasteiger partial charge on any atom is -0.489 e. The SMILES string of the molecule is Nc1cc(COc2ccc(Cl)cc2)ccc1C(F)(F)F. The molecule has 0 heterocycles. The third kappa shape index (κ3) is 3.57. The van der Waals surface area contributed by atoms with Crippen molar-refractivity contribution in [3.05, 3.63) is 58.6 Å². The number of anilines is 1. The van der Waals surface area contributed by atoms with Gasteiger partial charge in [-0.05, 0) is 42.0 Å². The van der Waals surface area contributed by atoms with E-state index < -0.39 is 11.7 Å². The van der Waals surface area contributed by atoms with E-state index in [9.17, 15) is 13.2 Å². The number of alkyl halides is 3. The molecule has 0 aliphatic rings. The Morgan fingerprint density at radius 1 is 1.05 bits per heavy atom. The molecule has 0 aliphatic carbocycles. The first-order valence-electron chi connectivity index (χ1n) is 5.70. The molecule has 0 aromatic heterocycles. The number of ether oxygens (including phenoxy) is 1. The van der Waals surface area contributed by atoms with Crippen molar-refractivity contribution in [1.82, 2.24) is 0 Å². The number of benzene rings is 2. The first-order valence-corrected chi connectivity index (χ1v) is 6.08. The smallest absolute Gasteiger partial charge is 0.418 e. The monoisotopic (exact) mass is 301 g/mol. The average molecular weight is 302 g/mol. The molecule has 2 aromatic carbocycles. The zero-order valence-corrected chi connectivity index (χ0v) is 11.0. The highest BCUT2D eigenvalue weighted by molar-refractivity contribution is 6.30. The van der Waals surface area contributed by atoms with Gasteiger partial charge < -0.3 is 10.5 Å². The van der Waals surface area contributed by atoms with Gasteiger partial charge in [0.1, 0.15) is 12.4 Å². The second-order valence-corrected chi connectivity index (χ2v) is 4.60. The lowest BCUT2D eigenvalue weighted by Gasteiger charge is -2.12. The Morgan fingerprint density at radius 3 is 2.25 bits per heavy atom. The number of halogens is 4. The van der Waals surface area contributed by atoms with Crippen molar-refractivity contribution in [3.8, 4) is 5.75 Å². The van der Waals surface area contributed by atoms with Crippen LogP contribution in [0.3, 0.4) is 0 Å². The highest BCUT2D eigenvalue weighted by atomic mass is 35.5. The summed E-state index contributed by atoms with van der Waals surface area (Å²) in [6, 6.07) is 10.2. The number of hydrogen-bond donors (Lipinski definition) is 1. The van der Waals surface area contributed by atoms with E-state index in [4.69, 9.17) is 22.1 Å². The normalized spacial score (nSPS) is 11.4. The van der Waals surface area contributed by atoms with Crippen LogP contribution >= 0.6 is 11.6 Å². The molecule has 2 rings (SSSR count). The molecule has 2 nitrogen and oxygen atoms in total. The second-order valence-electron chi connectivity index (χ2n) is 4.16. The van der Waals surface area contributed by atoms with Crippen LogP contribution in [0.4, 0.5) is 18.9 Å². The Morgan fingerprint density at radius 2 is 1.70 bits per heavy atom. The summed E-state index contributed by atoms with van der Waals surface area (Å²) in [6.07, 6.45) is -4.44. The lowest BCUT2D eigenvalue weighted by molar-refractivity contribution is -0.136. The van der Waals surface area contributed by atoms with E-state index in [2.05, 4.69) is 0 Å². The van der Waals surface area contributed by atoms with E-state index in [1.165, 1.54) is 12.1 Å². The van der Waals surface area contributed by atoms with Crippen molar-refractivity contribution in [2.45, 2.75) is 12.8 Å². The standard InChI is InChI=1S/C14H11ClF3NO/c15-10-2-4-11(5-3-10)20-8-9-1-6-12(13(19)7-9)14(16,17)18/h1-7H,8,19H2. The Labute approximate surface area is 118 Å². The fourth-order valence-corrected chi connectivity index (χ4v) is 1.78. The van der Waals surface area contributed by atoms with Crippen LogP contribution in [0.25, 0.3) is 0 Å². The van der Waals surface area contributed by atoms with E-state index in [0.717, 1.165) is 6.07 Å². The summed E-state index contributed by atoms with van der Waals surface area (Å²) in [6.45, 7) is 0.129. The quantitative estimate of drug-likeness (QED) is 0.846. The van der Waals surface area contributed by atoms with Gasteiger partial charge in [-0.2, -0.15) is 13.2 Å². The Balaban J connectivity index is 2.07. The summed E-state index contributed by atoms with van der Waals surface area (Å²) >= 11 is 5.73. The highest BCUT2D eigenvalue weighted by Crippen LogP contribution is 2.33. The summed E-state index contributed by atoms with van der Waals surface area (Å²) in [7, 11) is 0. The van der Waals surface area contributed by atoms with Crippen LogP contribution in [-0.2, 0) is 12.8 Å². The van der Waals surface area contributed by atoms with E-state index >= 15 is 0 Å². The van der Waals surface area contributed by atoms with Crippen molar-refractivity contribution in [2.24, 2.45) is 0 Å². The first kappa shape index (κ1) is 14.5. The fraction of sp³-hybridized carbons (Fsp3) is 0.143. The fourth-order valence-electron chi connectivity index (χ4n) is 1.66. The minimum absolute atomic E-state index is 0.129. The maximum atomic E-state index is 12.5. The molecule has 0 atom stereocenters. The highest BCUT2D eigenvalue weighted by Gasteiger charge is 2.32. The topological polar surface area (TPSA) is 35.2 Å². The maximum absolute atomic E-state index is 12.5. The first-order chi connectivity index (χ1) is 9.36. The summed E-state index contributed by atoms with van der Waals surface area (Å²) in [4.78, 5) is 0. The van der Waals surface area contributed by atoms with Crippen LogP contribution < -0.4 is 10.5 Å². The molecule has 106 valence electrons. The van der Waals surface area contributed by atoms with Gasteiger partial charge in [-0.3, -0.25) is 0 Å². The van der Waals surface area contributed by atoms with Gasteiger partial charge in [0.2, 0.25) is 0 Å². The van der Waals surface area contributed by atoms with Crippen LogP contribution in [0.5, 0.6) is 5.75 Å². The Bertz CT molecular complexity index is 596. The Hall–Kier alpha value is -1.88.